The molecule has 2 fully saturated rings. The zero-order valence-electron chi connectivity index (χ0n) is 17.5. The van der Waals surface area contributed by atoms with E-state index in [0.717, 1.165) is 77.7 Å². The molecule has 0 aliphatic carbocycles. The maximum absolute atomic E-state index is 6.10. The van der Waals surface area contributed by atoms with Crippen molar-refractivity contribution in [2.45, 2.75) is 64.6 Å². The Morgan fingerprint density at radius 2 is 1.96 bits per heavy atom. The lowest BCUT2D eigenvalue weighted by Gasteiger charge is -2.35. The molecule has 7 heteroatoms. The number of aliphatic imine (C=N–C) groups is 1. The van der Waals surface area contributed by atoms with Crippen LogP contribution in [-0.4, -0.2) is 76.2 Å². The highest BCUT2D eigenvalue weighted by atomic mass is 127. The summed E-state index contributed by atoms with van der Waals surface area (Å²) in [7, 11) is 1.85. The van der Waals surface area contributed by atoms with Crippen molar-refractivity contribution >= 4 is 29.9 Å². The van der Waals surface area contributed by atoms with Crippen molar-refractivity contribution in [3.63, 3.8) is 0 Å². The van der Waals surface area contributed by atoms with Crippen LogP contribution in [-0.2, 0) is 14.2 Å². The number of hydrogen-bond donors (Lipinski definition) is 1. The Morgan fingerprint density at radius 3 is 2.59 bits per heavy atom. The molecule has 2 heterocycles. The standard InChI is InChI=1S/C20H39N3O3.HI/c1-17(2)9-14-24-15-10-22-20(21-3)23-11-7-18(8-12-23)26-16-19-6-4-5-13-25-19;/h17-19H,4-16H2,1-3H3,(H,21,22);1H. The summed E-state index contributed by atoms with van der Waals surface area (Å²) in [6.45, 7) is 10.4. The molecule has 0 amide bonds. The molecule has 0 aromatic rings. The number of piperidine rings is 1. The van der Waals surface area contributed by atoms with Gasteiger partial charge < -0.3 is 24.4 Å². The highest BCUT2D eigenvalue weighted by molar-refractivity contribution is 14.0. The Labute approximate surface area is 182 Å². The molecule has 6 nitrogen and oxygen atoms in total. The van der Waals surface area contributed by atoms with E-state index in [4.69, 9.17) is 14.2 Å². The fourth-order valence-corrected chi connectivity index (χ4v) is 3.40. The first-order valence-corrected chi connectivity index (χ1v) is 10.5. The van der Waals surface area contributed by atoms with Crippen LogP contribution >= 0.6 is 24.0 Å². The van der Waals surface area contributed by atoms with Gasteiger partial charge in [0.2, 0.25) is 0 Å². The second-order valence-corrected chi connectivity index (χ2v) is 7.78. The number of nitrogens with one attached hydrogen (secondary N) is 1. The molecule has 0 radical (unpaired) electrons. The van der Waals surface area contributed by atoms with Gasteiger partial charge >= 0.3 is 0 Å². The topological polar surface area (TPSA) is 55.3 Å². The molecule has 1 atom stereocenters. The van der Waals surface area contributed by atoms with Gasteiger partial charge in [0.25, 0.3) is 0 Å². The molecular weight excluding hydrogens is 457 g/mol. The molecule has 2 rings (SSSR count). The quantitative estimate of drug-likeness (QED) is 0.229. The summed E-state index contributed by atoms with van der Waals surface area (Å²) in [5.41, 5.74) is 0. The minimum atomic E-state index is 0. The van der Waals surface area contributed by atoms with Gasteiger partial charge in [-0.2, -0.15) is 0 Å². The summed E-state index contributed by atoms with van der Waals surface area (Å²) in [5.74, 6) is 1.68. The fourth-order valence-electron chi connectivity index (χ4n) is 3.40. The number of rotatable bonds is 9. The van der Waals surface area contributed by atoms with Crippen molar-refractivity contribution in [3.8, 4) is 0 Å². The van der Waals surface area contributed by atoms with E-state index in [0.29, 0.717) is 18.1 Å². The van der Waals surface area contributed by atoms with Gasteiger partial charge in [0, 0.05) is 39.9 Å². The largest absolute Gasteiger partial charge is 0.380 e. The van der Waals surface area contributed by atoms with Crippen molar-refractivity contribution in [2.24, 2.45) is 10.9 Å². The van der Waals surface area contributed by atoms with Crippen molar-refractivity contribution in [1.29, 1.82) is 0 Å². The predicted octanol–water partition coefficient (Wildman–Crippen LogP) is 3.29. The molecule has 0 aromatic heterocycles. The first-order valence-electron chi connectivity index (χ1n) is 10.5. The van der Waals surface area contributed by atoms with E-state index in [1.165, 1.54) is 12.8 Å². The molecule has 1 unspecified atom stereocenters. The van der Waals surface area contributed by atoms with Crippen LogP contribution in [0.15, 0.2) is 4.99 Å². The minimum Gasteiger partial charge on any atom is -0.380 e. The Kier molecular flexibility index (Phi) is 13.7. The summed E-state index contributed by atoms with van der Waals surface area (Å²) < 4.78 is 17.5. The summed E-state index contributed by atoms with van der Waals surface area (Å²) in [5, 5.41) is 3.42. The maximum atomic E-state index is 6.10. The van der Waals surface area contributed by atoms with Crippen LogP contribution in [0.2, 0.25) is 0 Å². The lowest BCUT2D eigenvalue weighted by Crippen LogP contribution is -2.48. The molecule has 2 saturated heterocycles. The van der Waals surface area contributed by atoms with Crippen LogP contribution in [0.25, 0.3) is 0 Å². The van der Waals surface area contributed by atoms with Gasteiger partial charge in [-0.1, -0.05) is 13.8 Å². The summed E-state index contributed by atoms with van der Waals surface area (Å²) >= 11 is 0. The van der Waals surface area contributed by atoms with Crippen molar-refractivity contribution in [3.05, 3.63) is 0 Å². The lowest BCUT2D eigenvalue weighted by atomic mass is 10.1. The number of nitrogens with zero attached hydrogens (tertiary/aromatic N) is 2. The summed E-state index contributed by atoms with van der Waals surface area (Å²) in [6, 6.07) is 0. The van der Waals surface area contributed by atoms with Gasteiger partial charge in [-0.15, -0.1) is 24.0 Å². The molecule has 160 valence electrons. The number of ether oxygens (including phenoxy) is 3. The third-order valence-electron chi connectivity index (χ3n) is 5.11. The molecule has 0 bridgehead atoms. The normalized spacial score (nSPS) is 22.0. The van der Waals surface area contributed by atoms with Crippen LogP contribution in [0.4, 0.5) is 0 Å². The average Bonchev–Trinajstić information content (AvgIpc) is 2.67. The maximum Gasteiger partial charge on any atom is 0.193 e. The predicted molar refractivity (Wildman–Crippen MR) is 121 cm³/mol. The zero-order chi connectivity index (χ0) is 18.6. The van der Waals surface area contributed by atoms with E-state index in [1.54, 1.807) is 0 Å². The van der Waals surface area contributed by atoms with Gasteiger partial charge in [0.15, 0.2) is 5.96 Å². The highest BCUT2D eigenvalue weighted by Crippen LogP contribution is 2.17. The van der Waals surface area contributed by atoms with E-state index in [-0.39, 0.29) is 24.0 Å². The Hall–Kier alpha value is -0.120. The lowest BCUT2D eigenvalue weighted by molar-refractivity contribution is -0.0721. The first kappa shape index (κ1) is 24.9. The molecular formula is C20H40IN3O3. The smallest absolute Gasteiger partial charge is 0.193 e. The van der Waals surface area contributed by atoms with E-state index in [9.17, 15) is 0 Å². The van der Waals surface area contributed by atoms with E-state index in [1.807, 2.05) is 7.05 Å². The Balaban J connectivity index is 0.00000364. The first-order chi connectivity index (χ1) is 12.7. The van der Waals surface area contributed by atoms with Gasteiger partial charge in [-0.3, -0.25) is 4.99 Å². The van der Waals surface area contributed by atoms with Gasteiger partial charge in [0.05, 0.1) is 25.4 Å². The van der Waals surface area contributed by atoms with Crippen LogP contribution in [0.3, 0.4) is 0 Å². The van der Waals surface area contributed by atoms with Gasteiger partial charge in [-0.25, -0.2) is 0 Å². The third kappa shape index (κ3) is 10.3. The number of hydrogen-bond acceptors (Lipinski definition) is 4. The van der Waals surface area contributed by atoms with Crippen LogP contribution in [0, 0.1) is 5.92 Å². The molecule has 2 aliphatic heterocycles. The summed E-state index contributed by atoms with van der Waals surface area (Å²) in [6.07, 6.45) is 7.51. The molecule has 1 N–H and O–H groups in total. The number of likely N-dealkylation sites (tertiary alicyclic amines) is 1. The van der Waals surface area contributed by atoms with Crippen molar-refractivity contribution in [2.75, 3.05) is 53.1 Å². The van der Waals surface area contributed by atoms with E-state index < -0.39 is 0 Å². The van der Waals surface area contributed by atoms with Gasteiger partial charge in [0.1, 0.15) is 0 Å². The van der Waals surface area contributed by atoms with Crippen LogP contribution in [0.1, 0.15) is 52.4 Å². The fraction of sp³-hybridized carbons (Fsp3) is 0.950. The highest BCUT2D eigenvalue weighted by Gasteiger charge is 2.23. The summed E-state index contributed by atoms with van der Waals surface area (Å²) in [4.78, 5) is 6.74. The number of guanidine groups is 1. The van der Waals surface area contributed by atoms with E-state index >= 15 is 0 Å². The van der Waals surface area contributed by atoms with Crippen LogP contribution < -0.4 is 5.32 Å². The molecule has 27 heavy (non-hydrogen) atoms. The number of halogens is 1. The van der Waals surface area contributed by atoms with Crippen molar-refractivity contribution < 1.29 is 14.2 Å². The molecule has 2 aliphatic rings. The SMILES string of the molecule is CN=C(NCCOCCC(C)C)N1CCC(OCC2CCCCO2)CC1.I. The zero-order valence-corrected chi connectivity index (χ0v) is 19.8. The Morgan fingerprint density at radius 1 is 1.19 bits per heavy atom. The third-order valence-corrected chi connectivity index (χ3v) is 5.11. The molecule has 0 spiro atoms. The second kappa shape index (κ2) is 14.8. The Bertz CT molecular complexity index is 396. The monoisotopic (exact) mass is 497 g/mol. The second-order valence-electron chi connectivity index (χ2n) is 7.78. The average molecular weight is 497 g/mol. The van der Waals surface area contributed by atoms with E-state index in [2.05, 4.69) is 29.1 Å². The molecule has 0 saturated carbocycles. The van der Waals surface area contributed by atoms with Crippen LogP contribution in [0.5, 0.6) is 0 Å². The van der Waals surface area contributed by atoms with Crippen molar-refractivity contribution in [1.82, 2.24) is 10.2 Å². The molecule has 0 aromatic carbocycles. The minimum absolute atomic E-state index is 0. The van der Waals surface area contributed by atoms with Gasteiger partial charge in [-0.05, 0) is 44.4 Å².